The number of hydrogen-bond acceptors (Lipinski definition) is 2. The highest BCUT2D eigenvalue weighted by Gasteiger charge is 2.20. The fraction of sp³-hybridized carbons (Fsp3) is 0.308. The summed E-state index contributed by atoms with van der Waals surface area (Å²) in [7, 11) is 0. The Bertz CT molecular complexity index is 566. The third-order valence-corrected chi connectivity index (χ3v) is 3.18. The van der Waals surface area contributed by atoms with Crippen molar-refractivity contribution < 1.29 is 9.53 Å². The Morgan fingerprint density at radius 1 is 1.35 bits per heavy atom. The first-order chi connectivity index (χ1) is 7.88. The molecule has 0 aliphatic rings. The number of H-pyrrole nitrogens is 1. The van der Waals surface area contributed by atoms with Crippen molar-refractivity contribution >= 4 is 39.5 Å². The number of hydrogen-bond donors (Lipinski definition) is 1. The molecule has 1 aromatic heterocycles. The number of carbonyl (C=O) groups is 1. The Hall–Kier alpha value is -1.04. The van der Waals surface area contributed by atoms with Crippen LogP contribution in [0.2, 0.25) is 0 Å². The third kappa shape index (κ3) is 2.62. The van der Waals surface area contributed by atoms with E-state index in [0.717, 1.165) is 14.5 Å². The van der Waals surface area contributed by atoms with Crippen molar-refractivity contribution in [1.82, 2.24) is 4.98 Å². The van der Waals surface area contributed by atoms with Gasteiger partial charge in [0.1, 0.15) is 5.60 Å². The molecule has 17 heavy (non-hydrogen) atoms. The predicted molar refractivity (Wildman–Crippen MR) is 76.2 cm³/mol. The second kappa shape index (κ2) is 4.33. The summed E-state index contributed by atoms with van der Waals surface area (Å²) in [6.07, 6.45) is 1.89. The molecule has 0 saturated carbocycles. The first kappa shape index (κ1) is 12.4. The summed E-state index contributed by atoms with van der Waals surface area (Å²) in [5, 5.41) is 1.05. The average molecular weight is 343 g/mol. The Kier molecular flexibility index (Phi) is 3.16. The molecular weight excluding hydrogens is 329 g/mol. The van der Waals surface area contributed by atoms with E-state index in [2.05, 4.69) is 27.6 Å². The van der Waals surface area contributed by atoms with Gasteiger partial charge in [0.05, 0.1) is 11.1 Å². The minimum atomic E-state index is -0.473. The second-order valence-electron chi connectivity index (χ2n) is 4.87. The zero-order valence-corrected chi connectivity index (χ0v) is 12.2. The normalized spacial score (nSPS) is 11.8. The highest BCUT2D eigenvalue weighted by molar-refractivity contribution is 14.1. The molecule has 0 saturated heterocycles. The molecule has 2 rings (SSSR count). The molecule has 0 amide bonds. The van der Waals surface area contributed by atoms with Crippen molar-refractivity contribution in [3.05, 3.63) is 33.5 Å². The molecule has 0 radical (unpaired) electrons. The summed E-state index contributed by atoms with van der Waals surface area (Å²) in [5.41, 5.74) is 0.949. The van der Waals surface area contributed by atoms with Crippen molar-refractivity contribution in [2.75, 3.05) is 0 Å². The summed E-state index contributed by atoms with van der Waals surface area (Å²) in [4.78, 5) is 15.2. The lowest BCUT2D eigenvalue weighted by atomic mass is 10.1. The van der Waals surface area contributed by atoms with Crippen LogP contribution in [-0.2, 0) is 4.74 Å². The molecule has 0 spiro atoms. The summed E-state index contributed by atoms with van der Waals surface area (Å²) in [5.74, 6) is -0.290. The van der Waals surface area contributed by atoms with E-state index in [1.165, 1.54) is 0 Å². The maximum atomic E-state index is 12.0. The van der Waals surface area contributed by atoms with E-state index in [9.17, 15) is 4.79 Å². The Morgan fingerprint density at radius 3 is 2.71 bits per heavy atom. The lowest BCUT2D eigenvalue weighted by Crippen LogP contribution is -2.24. The largest absolute Gasteiger partial charge is 0.456 e. The van der Waals surface area contributed by atoms with E-state index in [-0.39, 0.29) is 5.97 Å². The maximum Gasteiger partial charge on any atom is 0.340 e. The monoisotopic (exact) mass is 343 g/mol. The van der Waals surface area contributed by atoms with Crippen LogP contribution in [0.4, 0.5) is 0 Å². The Balaban J connectivity index is 2.45. The molecule has 0 aliphatic carbocycles. The molecule has 90 valence electrons. The van der Waals surface area contributed by atoms with Gasteiger partial charge in [-0.05, 0) is 49.4 Å². The number of esters is 1. The smallest absolute Gasteiger partial charge is 0.340 e. The number of fused-ring (bicyclic) bond motifs is 1. The molecule has 4 heteroatoms. The number of nitrogens with one attached hydrogen (secondary N) is 1. The SMILES string of the molecule is CC(C)(C)OC(=O)c1cccc2c(I)c[nH]c12. The number of rotatable bonds is 1. The summed E-state index contributed by atoms with van der Waals surface area (Å²) in [6.45, 7) is 5.59. The molecule has 1 aromatic carbocycles. The van der Waals surface area contributed by atoms with E-state index in [4.69, 9.17) is 4.74 Å². The number of benzene rings is 1. The lowest BCUT2D eigenvalue weighted by molar-refractivity contribution is 0.00717. The molecule has 0 atom stereocenters. The fourth-order valence-electron chi connectivity index (χ4n) is 1.62. The number of ether oxygens (including phenoxy) is 1. The molecule has 0 bridgehead atoms. The van der Waals surface area contributed by atoms with Gasteiger partial charge in [-0.1, -0.05) is 12.1 Å². The Labute approximate surface area is 114 Å². The molecule has 3 nitrogen and oxygen atoms in total. The number of aromatic nitrogens is 1. The molecule has 0 fully saturated rings. The van der Waals surface area contributed by atoms with Gasteiger partial charge in [0.2, 0.25) is 0 Å². The van der Waals surface area contributed by atoms with E-state index in [0.29, 0.717) is 5.56 Å². The average Bonchev–Trinajstić information content (AvgIpc) is 2.58. The maximum absolute atomic E-state index is 12.0. The second-order valence-corrected chi connectivity index (χ2v) is 6.03. The minimum Gasteiger partial charge on any atom is -0.456 e. The van der Waals surface area contributed by atoms with Gasteiger partial charge in [0.25, 0.3) is 0 Å². The van der Waals surface area contributed by atoms with Gasteiger partial charge in [0.15, 0.2) is 0 Å². The van der Waals surface area contributed by atoms with Gasteiger partial charge in [-0.25, -0.2) is 4.79 Å². The van der Waals surface area contributed by atoms with Gasteiger partial charge in [-0.15, -0.1) is 0 Å². The van der Waals surface area contributed by atoms with Crippen LogP contribution in [0.25, 0.3) is 10.9 Å². The van der Waals surface area contributed by atoms with Gasteiger partial charge in [-0.3, -0.25) is 0 Å². The van der Waals surface area contributed by atoms with Crippen LogP contribution in [0.1, 0.15) is 31.1 Å². The third-order valence-electron chi connectivity index (χ3n) is 2.28. The first-order valence-corrected chi connectivity index (χ1v) is 6.45. The molecule has 1 heterocycles. The molecule has 0 aliphatic heterocycles. The number of aromatic amines is 1. The summed E-state index contributed by atoms with van der Waals surface area (Å²) >= 11 is 2.24. The highest BCUT2D eigenvalue weighted by Crippen LogP contribution is 2.24. The highest BCUT2D eigenvalue weighted by atomic mass is 127. The Morgan fingerprint density at radius 2 is 2.06 bits per heavy atom. The molecule has 2 aromatic rings. The van der Waals surface area contributed by atoms with Crippen LogP contribution >= 0.6 is 22.6 Å². The first-order valence-electron chi connectivity index (χ1n) is 5.37. The fourth-order valence-corrected chi connectivity index (χ4v) is 2.23. The molecular formula is C13H14INO2. The quantitative estimate of drug-likeness (QED) is 0.633. The van der Waals surface area contributed by atoms with Crippen LogP contribution in [0, 0.1) is 3.57 Å². The van der Waals surface area contributed by atoms with E-state index >= 15 is 0 Å². The van der Waals surface area contributed by atoms with Crippen molar-refractivity contribution in [1.29, 1.82) is 0 Å². The van der Waals surface area contributed by atoms with Crippen LogP contribution in [-0.4, -0.2) is 16.6 Å². The van der Waals surface area contributed by atoms with Crippen molar-refractivity contribution in [3.8, 4) is 0 Å². The van der Waals surface area contributed by atoms with Crippen molar-refractivity contribution in [3.63, 3.8) is 0 Å². The zero-order valence-electron chi connectivity index (χ0n) is 10.0. The minimum absolute atomic E-state index is 0.290. The predicted octanol–water partition coefficient (Wildman–Crippen LogP) is 3.73. The summed E-state index contributed by atoms with van der Waals surface area (Å²) in [6, 6.07) is 5.64. The van der Waals surface area contributed by atoms with Crippen LogP contribution in [0.15, 0.2) is 24.4 Å². The number of para-hydroxylation sites is 1. The van der Waals surface area contributed by atoms with Crippen molar-refractivity contribution in [2.24, 2.45) is 0 Å². The number of halogens is 1. The van der Waals surface area contributed by atoms with Gasteiger partial charge >= 0.3 is 5.97 Å². The van der Waals surface area contributed by atoms with Crippen LogP contribution < -0.4 is 0 Å². The van der Waals surface area contributed by atoms with Crippen LogP contribution in [0.3, 0.4) is 0 Å². The lowest BCUT2D eigenvalue weighted by Gasteiger charge is -2.19. The number of carbonyl (C=O) groups excluding carboxylic acids is 1. The molecule has 0 unspecified atom stereocenters. The van der Waals surface area contributed by atoms with E-state index in [1.54, 1.807) is 6.07 Å². The zero-order chi connectivity index (χ0) is 12.6. The summed E-state index contributed by atoms with van der Waals surface area (Å²) < 4.78 is 6.48. The molecule has 1 N–H and O–H groups in total. The van der Waals surface area contributed by atoms with Gasteiger partial charge in [-0.2, -0.15) is 0 Å². The van der Waals surface area contributed by atoms with Gasteiger partial charge < -0.3 is 9.72 Å². The topological polar surface area (TPSA) is 42.1 Å². The standard InChI is InChI=1S/C13H14INO2/c1-13(2,3)17-12(16)9-6-4-5-8-10(14)7-15-11(8)9/h4-7,15H,1-3H3. The van der Waals surface area contributed by atoms with E-state index in [1.807, 2.05) is 39.1 Å². The van der Waals surface area contributed by atoms with Crippen LogP contribution in [0.5, 0.6) is 0 Å². The van der Waals surface area contributed by atoms with E-state index < -0.39 is 5.60 Å². The van der Waals surface area contributed by atoms with Crippen molar-refractivity contribution in [2.45, 2.75) is 26.4 Å². The van der Waals surface area contributed by atoms with Gasteiger partial charge in [0, 0.05) is 15.2 Å².